The van der Waals surface area contributed by atoms with Gasteiger partial charge in [0.15, 0.2) is 0 Å². The number of aliphatic hydroxyl groups is 2. The van der Waals surface area contributed by atoms with Crippen LogP contribution in [0, 0.1) is 0 Å². The number of nitrogens with two attached hydrogens (primary N) is 1. The van der Waals surface area contributed by atoms with E-state index in [9.17, 15) is 10.2 Å². The van der Waals surface area contributed by atoms with Crippen molar-refractivity contribution < 1.29 is 25.2 Å². The van der Waals surface area contributed by atoms with Gasteiger partial charge in [-0.3, -0.25) is 4.79 Å². The van der Waals surface area contributed by atoms with Gasteiger partial charge in [-0.25, -0.2) is 0 Å². The number of carboxylic acid groups (broad SMARTS) is 1. The van der Waals surface area contributed by atoms with Crippen molar-refractivity contribution in [2.24, 2.45) is 5.73 Å². The number of unbranched alkanes of at least 4 members (excludes halogenated alkanes) is 8. The summed E-state index contributed by atoms with van der Waals surface area (Å²) >= 11 is 0. The Kier molecular flexibility index (Phi) is 17.3. The number of aliphatic carboxylic acids is 1. The van der Waals surface area contributed by atoms with Crippen molar-refractivity contribution in [3.63, 3.8) is 0 Å². The van der Waals surface area contributed by atoms with Crippen molar-refractivity contribution in [1.82, 2.24) is 5.32 Å². The number of nitrogens with one attached hydrogen (secondary N) is 1. The number of phenols is 1. The summed E-state index contributed by atoms with van der Waals surface area (Å²) in [5.74, 6) is -0.772. The molecular weight excluding hydrogens is 372 g/mol. The highest BCUT2D eigenvalue weighted by atomic mass is 16.4. The van der Waals surface area contributed by atoms with E-state index in [-0.39, 0.29) is 12.4 Å². The average molecular weight is 413 g/mol. The number of rotatable bonds is 15. The number of aromatic hydroxyl groups is 1. The van der Waals surface area contributed by atoms with E-state index in [1.807, 2.05) is 0 Å². The topological polar surface area (TPSA) is 136 Å². The lowest BCUT2D eigenvalue weighted by Crippen LogP contribution is -2.22. The van der Waals surface area contributed by atoms with E-state index in [1.165, 1.54) is 51.0 Å². The highest BCUT2D eigenvalue weighted by molar-refractivity contribution is 5.62. The molecule has 0 aromatic heterocycles. The van der Waals surface area contributed by atoms with Crippen LogP contribution < -0.4 is 11.1 Å². The van der Waals surface area contributed by atoms with Crippen LogP contribution in [0.4, 0.5) is 0 Å². The Bertz CT molecular complexity index is 536. The lowest BCUT2D eigenvalue weighted by molar-refractivity contribution is -0.134. The normalized spacial score (nSPS) is 11.6. The van der Waals surface area contributed by atoms with Crippen LogP contribution in [0.5, 0.6) is 5.75 Å². The van der Waals surface area contributed by atoms with Gasteiger partial charge in [0, 0.05) is 19.0 Å². The molecule has 1 rings (SSSR count). The first-order chi connectivity index (χ1) is 13.9. The molecule has 0 radical (unpaired) electrons. The summed E-state index contributed by atoms with van der Waals surface area (Å²) in [6.07, 6.45) is 10.7. The number of carbonyl (C=O) groups is 1. The molecule has 0 heterocycles. The van der Waals surface area contributed by atoms with E-state index in [1.54, 1.807) is 12.1 Å². The molecule has 0 aliphatic heterocycles. The summed E-state index contributed by atoms with van der Waals surface area (Å²) in [6.45, 7) is 3.05. The number of aliphatic hydroxyl groups excluding tert-OH is 2. The smallest absolute Gasteiger partial charge is 0.300 e. The minimum absolute atomic E-state index is 0.0609. The van der Waals surface area contributed by atoms with Crippen LogP contribution in [0.15, 0.2) is 18.2 Å². The van der Waals surface area contributed by atoms with Gasteiger partial charge in [0.1, 0.15) is 5.75 Å². The van der Waals surface area contributed by atoms with Gasteiger partial charge >= 0.3 is 0 Å². The molecule has 0 bridgehead atoms. The number of hydrogen-bond donors (Lipinski definition) is 6. The fourth-order valence-corrected chi connectivity index (χ4v) is 2.93. The third-order valence-electron chi connectivity index (χ3n) is 4.55. The van der Waals surface area contributed by atoms with Gasteiger partial charge in [-0.05, 0) is 43.6 Å². The third kappa shape index (κ3) is 15.9. The fraction of sp³-hybridized carbons (Fsp3) is 0.682. The first-order valence-corrected chi connectivity index (χ1v) is 10.6. The Morgan fingerprint density at radius 1 is 1.03 bits per heavy atom. The Balaban J connectivity index is 0.00000178. The summed E-state index contributed by atoms with van der Waals surface area (Å²) in [5, 5.41) is 39.5. The largest absolute Gasteiger partial charge is 0.508 e. The first-order valence-electron chi connectivity index (χ1n) is 10.6. The second kappa shape index (κ2) is 18.4. The Hall–Kier alpha value is -1.67. The third-order valence-corrected chi connectivity index (χ3v) is 4.55. The molecule has 0 amide bonds. The van der Waals surface area contributed by atoms with Crippen LogP contribution in [-0.2, 0) is 11.4 Å². The quantitative estimate of drug-likeness (QED) is 0.244. The molecule has 7 N–H and O–H groups in total. The van der Waals surface area contributed by atoms with Crippen LogP contribution in [0.3, 0.4) is 0 Å². The molecule has 0 saturated heterocycles. The van der Waals surface area contributed by atoms with Gasteiger partial charge < -0.3 is 31.5 Å². The molecular formula is C22H40N2O5. The van der Waals surface area contributed by atoms with Crippen molar-refractivity contribution in [3.05, 3.63) is 29.3 Å². The number of hydrogen-bond acceptors (Lipinski definition) is 6. The average Bonchev–Trinajstić information content (AvgIpc) is 2.68. The van der Waals surface area contributed by atoms with E-state index < -0.39 is 12.1 Å². The summed E-state index contributed by atoms with van der Waals surface area (Å²) in [5.41, 5.74) is 6.63. The van der Waals surface area contributed by atoms with E-state index in [0.717, 1.165) is 32.9 Å². The monoisotopic (exact) mass is 412 g/mol. The SMILES string of the molecule is CC(=O)O.NCCCCCCCCCCCNC[C@H](O)c1ccc(O)c(CO)c1. The molecule has 1 aromatic carbocycles. The number of benzene rings is 1. The zero-order valence-corrected chi connectivity index (χ0v) is 17.8. The second-order valence-corrected chi connectivity index (χ2v) is 7.26. The lowest BCUT2D eigenvalue weighted by atomic mass is 10.1. The van der Waals surface area contributed by atoms with Crippen LogP contribution in [0.25, 0.3) is 0 Å². The van der Waals surface area contributed by atoms with Crippen molar-refractivity contribution in [3.8, 4) is 5.75 Å². The van der Waals surface area contributed by atoms with E-state index in [2.05, 4.69) is 5.32 Å². The highest BCUT2D eigenvalue weighted by Crippen LogP contribution is 2.22. The maximum Gasteiger partial charge on any atom is 0.300 e. The van der Waals surface area contributed by atoms with Crippen molar-refractivity contribution in [2.75, 3.05) is 19.6 Å². The Morgan fingerprint density at radius 3 is 2.07 bits per heavy atom. The molecule has 1 atom stereocenters. The molecule has 0 saturated carbocycles. The molecule has 7 heteroatoms. The van der Waals surface area contributed by atoms with E-state index in [4.69, 9.17) is 20.7 Å². The van der Waals surface area contributed by atoms with E-state index in [0.29, 0.717) is 17.7 Å². The fourth-order valence-electron chi connectivity index (χ4n) is 2.93. The molecule has 0 unspecified atom stereocenters. The molecule has 168 valence electrons. The summed E-state index contributed by atoms with van der Waals surface area (Å²) in [4.78, 5) is 9.00. The molecule has 1 aromatic rings. The van der Waals surface area contributed by atoms with Gasteiger partial charge in [0.05, 0.1) is 12.7 Å². The van der Waals surface area contributed by atoms with Crippen molar-refractivity contribution >= 4 is 5.97 Å². The Labute approximate surface area is 175 Å². The van der Waals surface area contributed by atoms with E-state index >= 15 is 0 Å². The minimum atomic E-state index is -0.833. The van der Waals surface area contributed by atoms with Crippen LogP contribution in [0.2, 0.25) is 0 Å². The maximum absolute atomic E-state index is 10.2. The summed E-state index contributed by atoms with van der Waals surface area (Å²) < 4.78 is 0. The van der Waals surface area contributed by atoms with Gasteiger partial charge in [-0.1, -0.05) is 51.0 Å². The maximum atomic E-state index is 10.2. The van der Waals surface area contributed by atoms with Crippen molar-refractivity contribution in [2.45, 2.75) is 77.4 Å². The van der Waals surface area contributed by atoms with Crippen LogP contribution >= 0.6 is 0 Å². The van der Waals surface area contributed by atoms with Crippen LogP contribution in [0.1, 0.15) is 81.9 Å². The number of carboxylic acids is 1. The standard InChI is InChI=1S/C20H36N2O3.C2H4O2/c21-12-8-6-4-2-1-3-5-7-9-13-22-15-20(25)17-10-11-19(24)18(14-17)16-23;1-2(3)4/h10-11,14,20,22-25H,1-9,12-13,15-16,21H2;1H3,(H,3,4)/t20-;/m0./s1. The lowest BCUT2D eigenvalue weighted by Gasteiger charge is -2.14. The van der Waals surface area contributed by atoms with Gasteiger partial charge in [0.25, 0.3) is 5.97 Å². The minimum Gasteiger partial charge on any atom is -0.508 e. The van der Waals surface area contributed by atoms with Gasteiger partial charge in [-0.2, -0.15) is 0 Å². The second-order valence-electron chi connectivity index (χ2n) is 7.26. The summed E-state index contributed by atoms with van der Waals surface area (Å²) in [6, 6.07) is 4.85. The van der Waals surface area contributed by atoms with Gasteiger partial charge in [0.2, 0.25) is 0 Å². The predicted molar refractivity (Wildman–Crippen MR) is 116 cm³/mol. The molecule has 0 fully saturated rings. The molecule has 0 spiro atoms. The molecule has 7 nitrogen and oxygen atoms in total. The highest BCUT2D eigenvalue weighted by Gasteiger charge is 2.09. The van der Waals surface area contributed by atoms with Crippen molar-refractivity contribution in [1.29, 1.82) is 0 Å². The van der Waals surface area contributed by atoms with Gasteiger partial charge in [-0.15, -0.1) is 0 Å². The molecule has 0 aliphatic carbocycles. The zero-order valence-electron chi connectivity index (χ0n) is 17.8. The summed E-state index contributed by atoms with van der Waals surface area (Å²) in [7, 11) is 0. The predicted octanol–water partition coefficient (Wildman–Crippen LogP) is 3.07. The first kappa shape index (κ1) is 27.3. The van der Waals surface area contributed by atoms with Crippen LogP contribution in [-0.4, -0.2) is 46.0 Å². The zero-order chi connectivity index (χ0) is 21.9. The molecule has 29 heavy (non-hydrogen) atoms. The Morgan fingerprint density at radius 2 is 1.55 bits per heavy atom. The molecule has 0 aliphatic rings.